The standard InChI is InChI=1S/C21H27N5O4S/c1-15(10-11-17-8-6-5-7-9-17)22-21(27)16(2)30-26-20-14-18(31(28,29)25(3)4)12-13-19(20)23-24-26/h5-9,12-16H,10-11H2,1-4H3,(H,22,27). The molecule has 3 rings (SSSR count). The molecule has 0 spiro atoms. The van der Waals surface area contributed by atoms with Gasteiger partial charge in [0.15, 0.2) is 0 Å². The number of rotatable bonds is 9. The highest BCUT2D eigenvalue weighted by Crippen LogP contribution is 2.19. The number of hydrogen-bond acceptors (Lipinski definition) is 6. The third-order valence-electron chi connectivity index (χ3n) is 4.89. The molecule has 1 amide bonds. The molecule has 3 aromatic rings. The first-order chi connectivity index (χ1) is 14.7. The van der Waals surface area contributed by atoms with Gasteiger partial charge in [-0.3, -0.25) is 4.79 Å². The largest absolute Gasteiger partial charge is 0.382 e. The maximum atomic E-state index is 12.5. The molecule has 10 heteroatoms. The number of fused-ring (bicyclic) bond motifs is 1. The first-order valence-electron chi connectivity index (χ1n) is 9.98. The molecule has 2 atom stereocenters. The third kappa shape index (κ3) is 5.39. The van der Waals surface area contributed by atoms with Crippen LogP contribution in [0.25, 0.3) is 11.0 Å². The average Bonchev–Trinajstić information content (AvgIpc) is 3.14. The summed E-state index contributed by atoms with van der Waals surface area (Å²) in [6.07, 6.45) is 0.799. The number of carbonyl (C=O) groups excluding carboxylic acids is 1. The van der Waals surface area contributed by atoms with Crippen molar-refractivity contribution in [2.45, 2.75) is 43.7 Å². The van der Waals surface area contributed by atoms with Crippen molar-refractivity contribution in [2.75, 3.05) is 14.1 Å². The summed E-state index contributed by atoms with van der Waals surface area (Å²) in [5, 5.41) is 10.8. The van der Waals surface area contributed by atoms with Crippen molar-refractivity contribution >= 4 is 27.0 Å². The maximum absolute atomic E-state index is 12.5. The van der Waals surface area contributed by atoms with E-state index in [0.717, 1.165) is 22.0 Å². The zero-order valence-electron chi connectivity index (χ0n) is 18.0. The summed E-state index contributed by atoms with van der Waals surface area (Å²) in [6, 6.07) is 14.5. The molecule has 0 aliphatic rings. The minimum atomic E-state index is -3.62. The highest BCUT2D eigenvalue weighted by atomic mass is 32.2. The van der Waals surface area contributed by atoms with Crippen molar-refractivity contribution in [3.8, 4) is 0 Å². The maximum Gasteiger partial charge on any atom is 0.263 e. The molecule has 0 saturated heterocycles. The minimum absolute atomic E-state index is 0.0388. The van der Waals surface area contributed by atoms with Crippen molar-refractivity contribution in [3.63, 3.8) is 0 Å². The molecular formula is C21H27N5O4S. The van der Waals surface area contributed by atoms with Crippen LogP contribution in [0.15, 0.2) is 53.4 Å². The zero-order chi connectivity index (χ0) is 22.6. The quantitative estimate of drug-likeness (QED) is 0.537. The van der Waals surface area contributed by atoms with Crippen molar-refractivity contribution in [2.24, 2.45) is 0 Å². The van der Waals surface area contributed by atoms with Crippen molar-refractivity contribution in [3.05, 3.63) is 54.1 Å². The third-order valence-corrected chi connectivity index (χ3v) is 6.70. The fraction of sp³-hybridized carbons (Fsp3) is 0.381. The van der Waals surface area contributed by atoms with Crippen molar-refractivity contribution in [1.29, 1.82) is 0 Å². The van der Waals surface area contributed by atoms with Gasteiger partial charge in [-0.2, -0.15) is 0 Å². The van der Waals surface area contributed by atoms with Crippen LogP contribution in [-0.2, 0) is 21.2 Å². The van der Waals surface area contributed by atoms with E-state index >= 15 is 0 Å². The molecule has 9 nitrogen and oxygen atoms in total. The Morgan fingerprint density at radius 3 is 2.55 bits per heavy atom. The second-order valence-corrected chi connectivity index (χ2v) is 9.73. The Labute approximate surface area is 182 Å². The molecule has 1 aromatic heterocycles. The van der Waals surface area contributed by atoms with Crippen LogP contribution in [-0.4, -0.2) is 60.0 Å². The van der Waals surface area contributed by atoms with Crippen LogP contribution in [0.2, 0.25) is 0 Å². The van der Waals surface area contributed by atoms with E-state index in [2.05, 4.69) is 27.8 Å². The van der Waals surface area contributed by atoms with Gasteiger partial charge in [-0.05, 0) is 55.7 Å². The fourth-order valence-electron chi connectivity index (χ4n) is 2.98. The van der Waals surface area contributed by atoms with E-state index in [-0.39, 0.29) is 16.8 Å². The summed E-state index contributed by atoms with van der Waals surface area (Å²) in [7, 11) is -0.713. The normalized spacial score (nSPS) is 13.8. The van der Waals surface area contributed by atoms with E-state index in [1.807, 2.05) is 25.1 Å². The van der Waals surface area contributed by atoms with Crippen LogP contribution >= 0.6 is 0 Å². The molecular weight excluding hydrogens is 418 g/mol. The monoisotopic (exact) mass is 445 g/mol. The van der Waals surface area contributed by atoms with E-state index in [4.69, 9.17) is 4.84 Å². The molecule has 0 fully saturated rings. The van der Waals surface area contributed by atoms with Gasteiger partial charge in [0, 0.05) is 20.1 Å². The topological polar surface area (TPSA) is 106 Å². The molecule has 0 aliphatic carbocycles. The second-order valence-electron chi connectivity index (χ2n) is 7.58. The van der Waals surface area contributed by atoms with Gasteiger partial charge in [0.2, 0.25) is 16.1 Å². The molecule has 0 saturated carbocycles. The van der Waals surface area contributed by atoms with Gasteiger partial charge >= 0.3 is 0 Å². The van der Waals surface area contributed by atoms with Gasteiger partial charge in [-0.15, -0.1) is 5.10 Å². The SMILES string of the molecule is CC(CCc1ccccc1)NC(=O)C(C)On1nnc2ccc(S(=O)(=O)N(C)C)cc21. The lowest BCUT2D eigenvalue weighted by molar-refractivity contribution is -0.133. The van der Waals surface area contributed by atoms with Crippen molar-refractivity contribution < 1.29 is 18.0 Å². The van der Waals surface area contributed by atoms with Gasteiger partial charge in [0.1, 0.15) is 11.0 Å². The van der Waals surface area contributed by atoms with E-state index in [9.17, 15) is 13.2 Å². The summed E-state index contributed by atoms with van der Waals surface area (Å²) in [6.45, 7) is 3.55. The van der Waals surface area contributed by atoms with Gasteiger partial charge in [0.25, 0.3) is 5.91 Å². The first-order valence-corrected chi connectivity index (χ1v) is 11.4. The predicted molar refractivity (Wildman–Crippen MR) is 117 cm³/mol. The predicted octanol–water partition coefficient (Wildman–Crippen LogP) is 1.64. The molecule has 0 radical (unpaired) electrons. The Kier molecular flexibility index (Phi) is 6.91. The molecule has 31 heavy (non-hydrogen) atoms. The molecule has 0 bridgehead atoms. The number of benzene rings is 2. The molecule has 1 heterocycles. The number of sulfonamides is 1. The van der Waals surface area contributed by atoms with Crippen LogP contribution < -0.4 is 10.2 Å². The average molecular weight is 446 g/mol. The lowest BCUT2D eigenvalue weighted by Gasteiger charge is -2.18. The number of carbonyl (C=O) groups is 1. The number of aromatic nitrogens is 3. The minimum Gasteiger partial charge on any atom is -0.382 e. The van der Waals surface area contributed by atoms with Gasteiger partial charge in [-0.25, -0.2) is 12.7 Å². The van der Waals surface area contributed by atoms with Crippen LogP contribution in [0.4, 0.5) is 0 Å². The van der Waals surface area contributed by atoms with E-state index in [0.29, 0.717) is 11.0 Å². The number of nitrogens with one attached hydrogen (secondary N) is 1. The Hall–Kier alpha value is -2.98. The first kappa shape index (κ1) is 22.7. The smallest absolute Gasteiger partial charge is 0.263 e. The number of nitrogens with zero attached hydrogens (tertiary/aromatic N) is 4. The molecule has 0 aliphatic heterocycles. The lowest BCUT2D eigenvalue weighted by atomic mass is 10.1. The van der Waals surface area contributed by atoms with Gasteiger partial charge in [-0.1, -0.05) is 35.2 Å². The Morgan fingerprint density at radius 2 is 1.87 bits per heavy atom. The number of aryl methyl sites for hydroxylation is 1. The van der Waals surface area contributed by atoms with Crippen LogP contribution in [0.1, 0.15) is 25.8 Å². The van der Waals surface area contributed by atoms with Gasteiger partial charge in [0.05, 0.1) is 4.90 Å². The van der Waals surface area contributed by atoms with E-state index in [1.165, 1.54) is 31.8 Å². The second kappa shape index (κ2) is 9.44. The van der Waals surface area contributed by atoms with E-state index in [1.54, 1.807) is 13.0 Å². The molecule has 166 valence electrons. The highest BCUT2D eigenvalue weighted by Gasteiger charge is 2.22. The zero-order valence-corrected chi connectivity index (χ0v) is 18.8. The fourth-order valence-corrected chi connectivity index (χ4v) is 3.91. The van der Waals surface area contributed by atoms with Crippen molar-refractivity contribution in [1.82, 2.24) is 24.8 Å². The summed E-state index contributed by atoms with van der Waals surface area (Å²) >= 11 is 0. The molecule has 2 unspecified atom stereocenters. The van der Waals surface area contributed by atoms with E-state index < -0.39 is 16.1 Å². The molecule has 1 N–H and O–H groups in total. The van der Waals surface area contributed by atoms with Crippen LogP contribution in [0, 0.1) is 0 Å². The number of hydrogen-bond donors (Lipinski definition) is 1. The highest BCUT2D eigenvalue weighted by molar-refractivity contribution is 7.89. The van der Waals surface area contributed by atoms with Crippen LogP contribution in [0.3, 0.4) is 0 Å². The molecule has 2 aromatic carbocycles. The van der Waals surface area contributed by atoms with Gasteiger partial charge < -0.3 is 10.2 Å². The number of amides is 1. The Bertz CT molecular complexity index is 1150. The summed E-state index contributed by atoms with van der Waals surface area (Å²) in [5.41, 5.74) is 2.03. The Morgan fingerprint density at radius 1 is 1.16 bits per heavy atom. The summed E-state index contributed by atoms with van der Waals surface area (Å²) < 4.78 is 25.9. The summed E-state index contributed by atoms with van der Waals surface area (Å²) in [5.74, 6) is -0.290. The summed E-state index contributed by atoms with van der Waals surface area (Å²) in [4.78, 5) is 19.4. The Balaban J connectivity index is 1.65. The lowest BCUT2D eigenvalue weighted by Crippen LogP contribution is -2.43. The van der Waals surface area contributed by atoms with Crippen LogP contribution in [0.5, 0.6) is 0 Å².